The molecule has 352 valence electrons. The van der Waals surface area contributed by atoms with Gasteiger partial charge in [-0.15, -0.1) is 0 Å². The van der Waals surface area contributed by atoms with Crippen molar-refractivity contribution in [3.05, 3.63) is 24.3 Å². The Morgan fingerprint density at radius 2 is 0.883 bits per heavy atom. The fraction of sp³-hybridized carbons (Fsp3) is 0.865. The van der Waals surface area contributed by atoms with Crippen LogP contribution in [0, 0.1) is 0 Å². The summed E-state index contributed by atoms with van der Waals surface area (Å²) in [6, 6.07) is -0.613. The average Bonchev–Trinajstić information content (AvgIpc) is 3.21. The minimum absolute atomic E-state index is 0.0496. The van der Waals surface area contributed by atoms with Crippen LogP contribution in [0.2, 0.25) is 0 Å². The summed E-state index contributed by atoms with van der Waals surface area (Å²) in [6.07, 6.45) is 49.4. The zero-order valence-corrected chi connectivity index (χ0v) is 40.2. The predicted molar refractivity (Wildman–Crippen MR) is 252 cm³/mol. The van der Waals surface area contributed by atoms with Crippen LogP contribution in [0.25, 0.3) is 0 Å². The second-order valence-electron chi connectivity index (χ2n) is 18.4. The number of carboxylic acid groups (broad SMARTS) is 1. The fourth-order valence-electron chi connectivity index (χ4n) is 7.65. The third-order valence-corrected chi connectivity index (χ3v) is 11.6. The number of carbonyl (C=O) groups is 3. The number of hydrogen-bond acceptors (Lipinski definition) is 6. The third kappa shape index (κ3) is 41.2. The van der Waals surface area contributed by atoms with Crippen molar-refractivity contribution in [1.82, 2.24) is 0 Å². The van der Waals surface area contributed by atoms with Crippen molar-refractivity contribution in [2.75, 3.05) is 41.0 Å². The highest BCUT2D eigenvalue weighted by Gasteiger charge is 2.31. The van der Waals surface area contributed by atoms with Gasteiger partial charge in [0.2, 0.25) is 0 Å². The lowest BCUT2D eigenvalue weighted by atomic mass is 10.0. The largest absolute Gasteiger partial charge is 0.477 e. The number of esters is 2. The quantitative estimate of drug-likeness (QED) is 0.0282. The minimum atomic E-state index is -0.874. The molecule has 60 heavy (non-hydrogen) atoms. The van der Waals surface area contributed by atoms with E-state index in [0.717, 1.165) is 51.4 Å². The highest BCUT2D eigenvalue weighted by atomic mass is 16.6. The summed E-state index contributed by atoms with van der Waals surface area (Å²) in [5, 5.41) is 9.64. The van der Waals surface area contributed by atoms with Crippen molar-refractivity contribution in [3.63, 3.8) is 0 Å². The van der Waals surface area contributed by atoms with Crippen molar-refractivity contribution in [2.24, 2.45) is 0 Å². The van der Waals surface area contributed by atoms with E-state index in [1.54, 1.807) is 0 Å². The van der Waals surface area contributed by atoms with Gasteiger partial charge < -0.3 is 23.8 Å². The van der Waals surface area contributed by atoms with Crippen molar-refractivity contribution >= 4 is 17.9 Å². The Bertz CT molecular complexity index is 1040. The van der Waals surface area contributed by atoms with Crippen LogP contribution in [0.15, 0.2) is 24.3 Å². The van der Waals surface area contributed by atoms with Gasteiger partial charge in [-0.1, -0.05) is 199 Å². The minimum Gasteiger partial charge on any atom is -0.477 e. The lowest BCUT2D eigenvalue weighted by molar-refractivity contribution is -0.887. The van der Waals surface area contributed by atoms with Gasteiger partial charge in [-0.05, 0) is 44.9 Å². The Morgan fingerprint density at radius 1 is 0.500 bits per heavy atom. The second kappa shape index (κ2) is 43.5. The number of allylic oxidation sites excluding steroid dienone is 4. The normalized spacial score (nSPS) is 13.0. The van der Waals surface area contributed by atoms with E-state index >= 15 is 0 Å². The van der Waals surface area contributed by atoms with E-state index in [9.17, 15) is 19.5 Å². The van der Waals surface area contributed by atoms with Gasteiger partial charge >= 0.3 is 17.9 Å². The summed E-state index contributed by atoms with van der Waals surface area (Å²) in [5.74, 6) is -1.46. The summed E-state index contributed by atoms with van der Waals surface area (Å²) in [5.41, 5.74) is 0. The number of aliphatic carboxylic acids is 1. The highest BCUT2D eigenvalue weighted by Crippen LogP contribution is 2.16. The van der Waals surface area contributed by atoms with Crippen molar-refractivity contribution in [3.8, 4) is 0 Å². The maximum absolute atomic E-state index is 12.8. The molecular formula is C52H98NO7+. The van der Waals surface area contributed by atoms with Gasteiger partial charge in [0.05, 0.1) is 34.4 Å². The van der Waals surface area contributed by atoms with E-state index in [2.05, 4.69) is 38.2 Å². The van der Waals surface area contributed by atoms with Crippen LogP contribution in [0.1, 0.15) is 239 Å². The standard InChI is InChI=1S/C52H97NO7/c1-6-8-10-12-14-16-18-20-21-22-23-24-25-26-27-28-29-31-33-35-37-39-41-43-51(55)60-48(46-58-45-44-49(52(56)57)53(3,4)5)47-59-50(54)42-40-38-36-34-32-30-19-17-15-13-11-9-7-2/h23-24,26-27,48-49H,6-22,25,28-47H2,1-5H3/p+1/b24-23+,27-26+. The van der Waals surface area contributed by atoms with Crippen LogP contribution >= 0.6 is 0 Å². The summed E-state index contributed by atoms with van der Waals surface area (Å²) >= 11 is 0. The number of carbonyl (C=O) groups excluding carboxylic acids is 2. The Labute approximate surface area is 371 Å². The molecule has 2 unspecified atom stereocenters. The molecule has 0 bridgehead atoms. The second-order valence-corrected chi connectivity index (χ2v) is 18.4. The molecule has 0 saturated carbocycles. The van der Waals surface area contributed by atoms with E-state index in [1.165, 1.54) is 154 Å². The van der Waals surface area contributed by atoms with Crippen molar-refractivity contribution in [2.45, 2.75) is 251 Å². The van der Waals surface area contributed by atoms with Crippen LogP contribution < -0.4 is 0 Å². The Kier molecular flexibility index (Phi) is 41.9. The zero-order valence-electron chi connectivity index (χ0n) is 40.2. The molecule has 1 N–H and O–H groups in total. The molecule has 0 amide bonds. The Morgan fingerprint density at radius 3 is 1.28 bits per heavy atom. The van der Waals surface area contributed by atoms with Crippen LogP contribution in [-0.4, -0.2) is 80.6 Å². The van der Waals surface area contributed by atoms with E-state index < -0.39 is 18.1 Å². The maximum Gasteiger partial charge on any atom is 0.362 e. The number of unbranched alkanes of at least 4 members (excludes halogenated alkanes) is 28. The molecule has 0 aromatic heterocycles. The molecule has 0 aromatic rings. The van der Waals surface area contributed by atoms with Gasteiger partial charge in [-0.3, -0.25) is 9.59 Å². The summed E-state index contributed by atoms with van der Waals surface area (Å²) in [6.45, 7) is 4.76. The maximum atomic E-state index is 12.8. The molecule has 0 aliphatic heterocycles. The first kappa shape index (κ1) is 57.8. The highest BCUT2D eigenvalue weighted by molar-refractivity contribution is 5.72. The number of carboxylic acids is 1. The predicted octanol–water partition coefficient (Wildman–Crippen LogP) is 14.4. The first-order valence-electron chi connectivity index (χ1n) is 25.4. The molecule has 0 spiro atoms. The molecule has 0 fully saturated rings. The van der Waals surface area contributed by atoms with Gasteiger partial charge in [0.15, 0.2) is 12.1 Å². The molecule has 0 heterocycles. The van der Waals surface area contributed by atoms with Crippen LogP contribution in [0.5, 0.6) is 0 Å². The van der Waals surface area contributed by atoms with Gasteiger partial charge in [-0.25, -0.2) is 4.79 Å². The molecule has 0 aliphatic rings. The van der Waals surface area contributed by atoms with Gasteiger partial charge in [0.25, 0.3) is 0 Å². The number of nitrogens with zero attached hydrogens (tertiary/aromatic N) is 1. The Balaban J connectivity index is 4.22. The molecule has 8 heteroatoms. The molecule has 0 radical (unpaired) electrons. The summed E-state index contributed by atoms with van der Waals surface area (Å²) in [7, 11) is 5.54. The van der Waals surface area contributed by atoms with E-state index in [-0.39, 0.29) is 36.2 Å². The number of quaternary nitrogens is 1. The lowest BCUT2D eigenvalue weighted by Gasteiger charge is -2.31. The first-order valence-corrected chi connectivity index (χ1v) is 25.4. The molecule has 0 aromatic carbocycles. The van der Waals surface area contributed by atoms with Gasteiger partial charge in [0.1, 0.15) is 6.61 Å². The van der Waals surface area contributed by atoms with E-state index in [4.69, 9.17) is 14.2 Å². The number of ether oxygens (including phenoxy) is 3. The molecule has 0 saturated heterocycles. The molecule has 0 aliphatic carbocycles. The molecule has 8 nitrogen and oxygen atoms in total. The number of hydrogen-bond donors (Lipinski definition) is 1. The first-order chi connectivity index (χ1) is 29.1. The number of rotatable bonds is 46. The third-order valence-electron chi connectivity index (χ3n) is 11.6. The molecular weight excluding hydrogens is 751 g/mol. The molecule has 0 rings (SSSR count). The topological polar surface area (TPSA) is 99.1 Å². The monoisotopic (exact) mass is 849 g/mol. The smallest absolute Gasteiger partial charge is 0.362 e. The summed E-state index contributed by atoms with van der Waals surface area (Å²) < 4.78 is 17.3. The van der Waals surface area contributed by atoms with Crippen molar-refractivity contribution in [1.29, 1.82) is 0 Å². The zero-order chi connectivity index (χ0) is 44.2. The van der Waals surface area contributed by atoms with E-state index in [1.807, 2.05) is 21.1 Å². The van der Waals surface area contributed by atoms with Crippen molar-refractivity contribution < 1.29 is 38.2 Å². The molecule has 2 atom stereocenters. The van der Waals surface area contributed by atoms with Crippen LogP contribution in [0.3, 0.4) is 0 Å². The SMILES string of the molecule is CCCCCCCCCCC/C=C/C/C=C/CCCCCCCCCC(=O)OC(COCCC(C(=O)O)[N+](C)(C)C)COC(=O)CCCCCCCCCCCCCCC. The average molecular weight is 849 g/mol. The number of likely N-dealkylation sites (N-methyl/N-ethyl adjacent to an activating group) is 1. The Hall–Kier alpha value is -2.19. The van der Waals surface area contributed by atoms with Gasteiger partial charge in [0, 0.05) is 19.3 Å². The van der Waals surface area contributed by atoms with Gasteiger partial charge in [-0.2, -0.15) is 0 Å². The fourth-order valence-corrected chi connectivity index (χ4v) is 7.65. The van der Waals surface area contributed by atoms with E-state index in [0.29, 0.717) is 19.3 Å². The van der Waals surface area contributed by atoms with Crippen LogP contribution in [0.4, 0.5) is 0 Å². The lowest BCUT2D eigenvalue weighted by Crippen LogP contribution is -2.50. The summed E-state index contributed by atoms with van der Waals surface area (Å²) in [4.78, 5) is 37.1. The van der Waals surface area contributed by atoms with Crippen LogP contribution in [-0.2, 0) is 28.6 Å².